The summed E-state index contributed by atoms with van der Waals surface area (Å²) in [6, 6.07) is 0. The predicted octanol–water partition coefficient (Wildman–Crippen LogP) is 2.32. The van der Waals surface area contributed by atoms with E-state index in [0.29, 0.717) is 0 Å². The van der Waals surface area contributed by atoms with Gasteiger partial charge in [0.15, 0.2) is 0 Å². The van der Waals surface area contributed by atoms with Crippen LogP contribution in [0.1, 0.15) is 77.0 Å². The third kappa shape index (κ3) is 3.62. The van der Waals surface area contributed by atoms with E-state index >= 15 is 0 Å². The van der Waals surface area contributed by atoms with Crippen molar-refractivity contribution in [2.45, 2.75) is 94.5 Å². The third-order valence-corrected chi connectivity index (χ3v) is 5.83. The van der Waals surface area contributed by atoms with E-state index in [-0.39, 0.29) is 51.4 Å². The first-order chi connectivity index (χ1) is 7.95. The van der Waals surface area contributed by atoms with E-state index in [4.69, 9.17) is 0 Å². The van der Waals surface area contributed by atoms with Gasteiger partial charge in [0.2, 0.25) is 0 Å². The second kappa shape index (κ2) is 7.47. The Morgan fingerprint density at radius 3 is 0.941 bits per heavy atom. The van der Waals surface area contributed by atoms with Gasteiger partial charge in [-0.15, -0.1) is 6.71 Å². The minimum absolute atomic E-state index is 0. The van der Waals surface area contributed by atoms with Crippen LogP contribution in [0.4, 0.5) is 0 Å². The fourth-order valence-corrected chi connectivity index (χ4v) is 5.18. The summed E-state index contributed by atoms with van der Waals surface area (Å²) in [6.07, 6.45) is 18.7. The fourth-order valence-electron chi connectivity index (χ4n) is 5.18. The van der Waals surface area contributed by atoms with Crippen LogP contribution in [0.2, 0.25) is 17.5 Å². The van der Waals surface area contributed by atoms with Crippen LogP contribution in [-0.4, -0.2) is 6.71 Å². The maximum Gasteiger partial charge on any atom is 1.00 e. The van der Waals surface area contributed by atoms with Crippen LogP contribution in [-0.2, 0) is 0 Å². The zero-order valence-corrected chi connectivity index (χ0v) is 14.9. The van der Waals surface area contributed by atoms with Gasteiger partial charge in [-0.05, 0) is 0 Å². The summed E-state index contributed by atoms with van der Waals surface area (Å²) in [5.41, 5.74) is 0. The van der Waals surface area contributed by atoms with Crippen molar-refractivity contribution >= 4 is 6.71 Å². The molecule has 0 aromatic carbocycles. The summed E-state index contributed by atoms with van der Waals surface area (Å²) in [6.45, 7) is 1.16. The van der Waals surface area contributed by atoms with E-state index in [0.717, 1.165) is 24.2 Å². The van der Waals surface area contributed by atoms with Crippen molar-refractivity contribution in [1.29, 1.82) is 0 Å². The molecule has 0 aromatic heterocycles. The summed E-state index contributed by atoms with van der Waals surface area (Å²) < 4.78 is 0. The van der Waals surface area contributed by atoms with E-state index < -0.39 is 0 Å². The Labute approximate surface area is 151 Å². The molecule has 0 aromatic rings. The van der Waals surface area contributed by atoms with Crippen LogP contribution in [0.3, 0.4) is 0 Å². The molecule has 0 unspecified atom stereocenters. The molecule has 0 saturated heterocycles. The fraction of sp³-hybridized carbons (Fsp3) is 1.00. The largest absolute Gasteiger partial charge is 1.00 e. The third-order valence-electron chi connectivity index (χ3n) is 5.83. The summed E-state index contributed by atoms with van der Waals surface area (Å²) in [5.74, 6) is 3.43. The van der Waals surface area contributed by atoms with Crippen molar-refractivity contribution in [2.24, 2.45) is 0 Å². The Balaban J connectivity index is 0.00000108. The molecule has 2 heteroatoms. The average molecular weight is 257 g/mol. The smallest absolute Gasteiger partial charge is 0.196 e. The first-order valence-electron chi connectivity index (χ1n) is 7.95. The zero-order chi connectivity index (χ0) is 10.8. The van der Waals surface area contributed by atoms with E-state index in [2.05, 4.69) is 0 Å². The van der Waals surface area contributed by atoms with Gasteiger partial charge in [-0.3, -0.25) is 0 Å². The average Bonchev–Trinajstić information content (AvgIpc) is 3.02. The van der Waals surface area contributed by atoms with Crippen LogP contribution in [0.25, 0.3) is 0 Å². The zero-order valence-electron chi connectivity index (χ0n) is 11.8. The monoisotopic (exact) mass is 257 g/mol. The molecular weight excluding hydrogens is 230 g/mol. The molecular formula is C15H27BK. The minimum atomic E-state index is 0. The molecule has 0 amide bonds. The molecule has 0 heterocycles. The van der Waals surface area contributed by atoms with Gasteiger partial charge < -0.3 is 0 Å². The molecule has 0 nitrogen and oxygen atoms in total. The van der Waals surface area contributed by atoms with Crippen LogP contribution >= 0.6 is 0 Å². The summed E-state index contributed by atoms with van der Waals surface area (Å²) >= 11 is 0. The molecule has 0 N–H and O–H groups in total. The van der Waals surface area contributed by atoms with Crippen molar-refractivity contribution < 1.29 is 51.4 Å². The maximum absolute atomic E-state index is 1.58. The van der Waals surface area contributed by atoms with Gasteiger partial charge >= 0.3 is 51.4 Å². The molecule has 0 bridgehead atoms. The van der Waals surface area contributed by atoms with Gasteiger partial charge in [0, 0.05) is 0 Å². The molecule has 91 valence electrons. The summed E-state index contributed by atoms with van der Waals surface area (Å²) in [7, 11) is 0. The van der Waals surface area contributed by atoms with Crippen molar-refractivity contribution in [1.82, 2.24) is 0 Å². The molecule has 3 aliphatic rings. The maximum atomic E-state index is 1.58. The molecule has 0 atom stereocenters. The Kier molecular flexibility index (Phi) is 6.64. The summed E-state index contributed by atoms with van der Waals surface area (Å²) in [4.78, 5) is 0. The van der Waals surface area contributed by atoms with Gasteiger partial charge in [0.25, 0.3) is 0 Å². The Morgan fingerprint density at radius 1 is 0.471 bits per heavy atom. The van der Waals surface area contributed by atoms with Crippen molar-refractivity contribution in [3.05, 3.63) is 0 Å². The molecule has 3 fully saturated rings. The Hall–Kier alpha value is 1.70. The van der Waals surface area contributed by atoms with E-state index in [1.807, 2.05) is 0 Å². The van der Waals surface area contributed by atoms with Crippen molar-refractivity contribution in [3.63, 3.8) is 0 Å². The van der Waals surface area contributed by atoms with Crippen molar-refractivity contribution in [2.75, 3.05) is 0 Å². The van der Waals surface area contributed by atoms with Crippen LogP contribution in [0.5, 0.6) is 0 Å². The number of rotatable bonds is 3. The standard InChI is InChI=1S/C15H27B.K/c1-2-8-13(7-1)16(14-9-3-4-10-14)15-11-5-6-12-15;/h13-15H,1-12H2;/q-1;+1. The first kappa shape index (κ1) is 15.1. The molecule has 1 radical (unpaired) electrons. The molecule has 3 rings (SSSR count). The van der Waals surface area contributed by atoms with Crippen molar-refractivity contribution in [3.8, 4) is 0 Å². The molecule has 0 spiro atoms. The van der Waals surface area contributed by atoms with Crippen LogP contribution in [0.15, 0.2) is 0 Å². The Morgan fingerprint density at radius 2 is 0.706 bits per heavy atom. The number of hydrogen-bond donors (Lipinski definition) is 0. The molecule has 3 saturated carbocycles. The summed E-state index contributed by atoms with van der Waals surface area (Å²) in [5, 5.41) is 0. The normalized spacial score (nSPS) is 28.1. The van der Waals surface area contributed by atoms with E-state index in [1.165, 1.54) is 0 Å². The van der Waals surface area contributed by atoms with Crippen LogP contribution < -0.4 is 51.4 Å². The van der Waals surface area contributed by atoms with Gasteiger partial charge in [-0.1, -0.05) is 77.0 Å². The first-order valence-corrected chi connectivity index (χ1v) is 7.95. The van der Waals surface area contributed by atoms with Gasteiger partial charge in [0.1, 0.15) is 0 Å². The molecule has 0 aliphatic heterocycles. The predicted molar refractivity (Wildman–Crippen MR) is 72.4 cm³/mol. The molecule has 3 aliphatic carbocycles. The molecule has 17 heavy (non-hydrogen) atoms. The quantitative estimate of drug-likeness (QED) is 0.681. The number of hydrogen-bond acceptors (Lipinski definition) is 0. The second-order valence-electron chi connectivity index (χ2n) is 6.71. The second-order valence-corrected chi connectivity index (χ2v) is 6.71. The SMILES string of the molecule is C1CCC([B-](C2CCCC2)C2CCCC2)C1.[K+]. The van der Waals surface area contributed by atoms with Gasteiger partial charge in [-0.2, -0.15) is 17.5 Å². The van der Waals surface area contributed by atoms with E-state index in [1.54, 1.807) is 77.0 Å². The topological polar surface area (TPSA) is 0 Å². The Bertz CT molecular complexity index is 175. The van der Waals surface area contributed by atoms with E-state index in [9.17, 15) is 0 Å². The van der Waals surface area contributed by atoms with Crippen LogP contribution in [0, 0.1) is 0 Å². The minimum Gasteiger partial charge on any atom is -0.196 e. The van der Waals surface area contributed by atoms with Gasteiger partial charge in [0.05, 0.1) is 0 Å². The van der Waals surface area contributed by atoms with Gasteiger partial charge in [-0.25, -0.2) is 0 Å².